The predicted molar refractivity (Wildman–Crippen MR) is 107 cm³/mol. The maximum absolute atomic E-state index is 6.05. The van der Waals surface area contributed by atoms with E-state index in [1.165, 1.54) is 5.56 Å². The van der Waals surface area contributed by atoms with Crippen molar-refractivity contribution in [2.45, 2.75) is 6.04 Å². The number of nitrogens with zero attached hydrogens (tertiary/aromatic N) is 2. The van der Waals surface area contributed by atoms with Crippen molar-refractivity contribution in [3.8, 4) is 0 Å². The van der Waals surface area contributed by atoms with Gasteiger partial charge in [0.1, 0.15) is 0 Å². The number of allylic oxidation sites excluding steroid dienone is 1. The lowest BCUT2D eigenvalue weighted by Gasteiger charge is -2.26. The van der Waals surface area contributed by atoms with Gasteiger partial charge in [-0.05, 0) is 41.5 Å². The molecule has 0 aliphatic carbocycles. The first-order valence-corrected chi connectivity index (χ1v) is 8.94. The number of rotatable bonds is 2. The third-order valence-corrected chi connectivity index (χ3v) is 4.99. The van der Waals surface area contributed by atoms with E-state index in [9.17, 15) is 0 Å². The van der Waals surface area contributed by atoms with Crippen molar-refractivity contribution < 1.29 is 0 Å². The monoisotopic (exact) mass is 357 g/mol. The van der Waals surface area contributed by atoms with Gasteiger partial charge >= 0.3 is 0 Å². The second-order valence-corrected chi connectivity index (χ2v) is 6.80. The number of anilines is 1. The number of fused-ring (bicyclic) bond motifs is 3. The summed E-state index contributed by atoms with van der Waals surface area (Å²) in [6.07, 6.45) is 2.25. The molecular weight excluding hydrogens is 342 g/mol. The van der Waals surface area contributed by atoms with Crippen LogP contribution in [0.3, 0.4) is 0 Å². The van der Waals surface area contributed by atoms with Gasteiger partial charge in [0.2, 0.25) is 5.95 Å². The minimum atomic E-state index is 0.0746. The number of nitrogens with one attached hydrogen (secondary N) is 1. The van der Waals surface area contributed by atoms with Crippen LogP contribution < -0.4 is 5.32 Å². The lowest BCUT2D eigenvalue weighted by Crippen LogP contribution is -2.19. The molecule has 1 aliphatic rings. The average molecular weight is 358 g/mol. The summed E-state index contributed by atoms with van der Waals surface area (Å²) in [6, 6.07) is 26.7. The summed E-state index contributed by atoms with van der Waals surface area (Å²) in [5.41, 5.74) is 5.47. The van der Waals surface area contributed by atoms with Crippen LogP contribution in [0, 0.1) is 0 Å². The molecule has 1 N–H and O–H groups in total. The summed E-state index contributed by atoms with van der Waals surface area (Å²) in [6.45, 7) is 0. The zero-order valence-corrected chi connectivity index (χ0v) is 14.7. The lowest BCUT2D eigenvalue weighted by atomic mass is 10.0. The first kappa shape index (κ1) is 15.2. The van der Waals surface area contributed by atoms with Gasteiger partial charge < -0.3 is 5.32 Å². The first-order chi connectivity index (χ1) is 12.8. The molecule has 0 spiro atoms. The number of hydrogen-bond acceptors (Lipinski definition) is 2. The van der Waals surface area contributed by atoms with E-state index in [1.807, 2.05) is 42.5 Å². The van der Waals surface area contributed by atoms with E-state index >= 15 is 0 Å². The summed E-state index contributed by atoms with van der Waals surface area (Å²) in [7, 11) is 0. The Hall–Kier alpha value is -3.04. The van der Waals surface area contributed by atoms with Crippen LogP contribution in [0.15, 0.2) is 84.9 Å². The van der Waals surface area contributed by atoms with Gasteiger partial charge in [0.15, 0.2) is 0 Å². The Morgan fingerprint density at radius 3 is 2.38 bits per heavy atom. The summed E-state index contributed by atoms with van der Waals surface area (Å²) in [5.74, 6) is 0.854. The topological polar surface area (TPSA) is 29.9 Å². The van der Waals surface area contributed by atoms with Gasteiger partial charge in [-0.15, -0.1) is 0 Å². The largest absolute Gasteiger partial charge is 0.325 e. The highest BCUT2D eigenvalue weighted by Crippen LogP contribution is 2.36. The molecule has 0 radical (unpaired) electrons. The number of imidazole rings is 1. The molecule has 0 fully saturated rings. The zero-order chi connectivity index (χ0) is 17.5. The summed E-state index contributed by atoms with van der Waals surface area (Å²) >= 11 is 6.05. The molecule has 1 atom stereocenters. The van der Waals surface area contributed by atoms with Crippen molar-refractivity contribution in [1.82, 2.24) is 9.55 Å². The zero-order valence-electron chi connectivity index (χ0n) is 13.9. The molecular formula is C22H16ClN3. The second-order valence-electron chi connectivity index (χ2n) is 6.36. The fourth-order valence-electron chi connectivity index (χ4n) is 3.50. The maximum Gasteiger partial charge on any atom is 0.209 e. The predicted octanol–water partition coefficient (Wildman–Crippen LogP) is 5.75. The van der Waals surface area contributed by atoms with Gasteiger partial charge in [-0.3, -0.25) is 4.57 Å². The second kappa shape index (κ2) is 6.04. The maximum atomic E-state index is 6.05. The lowest BCUT2D eigenvalue weighted by molar-refractivity contribution is 0.720. The van der Waals surface area contributed by atoms with E-state index in [0.717, 1.165) is 33.3 Å². The highest BCUT2D eigenvalue weighted by atomic mass is 35.5. The standard InChI is InChI=1S/C22H16ClN3/c23-17-12-10-15(11-13-17)19-14-21(16-6-2-1-3-7-16)26-20-9-5-4-8-18(20)24-22(26)25-19/h1-14,21H,(H,24,25). The SMILES string of the molecule is Clc1ccc(C2=CC(c3ccccc3)n3c(nc4ccccc43)N2)cc1. The van der Waals surface area contributed by atoms with Gasteiger partial charge in [-0.2, -0.15) is 0 Å². The Labute approximate surface area is 156 Å². The number of para-hydroxylation sites is 2. The van der Waals surface area contributed by atoms with Crippen LogP contribution in [0.25, 0.3) is 16.7 Å². The highest BCUT2D eigenvalue weighted by molar-refractivity contribution is 6.30. The molecule has 0 amide bonds. The molecule has 1 aromatic heterocycles. The molecule has 1 unspecified atom stereocenters. The fraction of sp³-hybridized carbons (Fsp3) is 0.0455. The first-order valence-electron chi connectivity index (χ1n) is 8.56. The summed E-state index contributed by atoms with van der Waals surface area (Å²) in [4.78, 5) is 4.81. The van der Waals surface area contributed by atoms with Gasteiger partial charge in [0.05, 0.1) is 17.1 Å². The minimum Gasteiger partial charge on any atom is -0.325 e. The van der Waals surface area contributed by atoms with Gasteiger partial charge in [-0.1, -0.05) is 66.2 Å². The van der Waals surface area contributed by atoms with Gasteiger partial charge in [0.25, 0.3) is 0 Å². The third kappa shape index (κ3) is 2.49. The number of aromatic nitrogens is 2. The molecule has 0 saturated heterocycles. The molecule has 1 aliphatic heterocycles. The highest BCUT2D eigenvalue weighted by Gasteiger charge is 2.25. The molecule has 4 heteroatoms. The smallest absolute Gasteiger partial charge is 0.209 e. The molecule has 5 rings (SSSR count). The number of halogens is 1. The van der Waals surface area contributed by atoms with Crippen LogP contribution in [0.4, 0.5) is 5.95 Å². The Balaban J connectivity index is 1.72. The van der Waals surface area contributed by atoms with E-state index in [0.29, 0.717) is 0 Å². The van der Waals surface area contributed by atoms with Crippen molar-refractivity contribution in [2.24, 2.45) is 0 Å². The average Bonchev–Trinajstić information content (AvgIpc) is 3.07. The Morgan fingerprint density at radius 2 is 1.58 bits per heavy atom. The molecule has 0 bridgehead atoms. The third-order valence-electron chi connectivity index (χ3n) is 4.74. The molecule has 3 aromatic carbocycles. The van der Waals surface area contributed by atoms with Gasteiger partial charge in [0, 0.05) is 10.7 Å². The van der Waals surface area contributed by atoms with Crippen LogP contribution in [0.2, 0.25) is 5.02 Å². The van der Waals surface area contributed by atoms with Crippen molar-refractivity contribution >= 4 is 34.3 Å². The van der Waals surface area contributed by atoms with Gasteiger partial charge in [-0.25, -0.2) is 4.98 Å². The summed E-state index contributed by atoms with van der Waals surface area (Å²) in [5, 5.41) is 4.23. The number of hydrogen-bond donors (Lipinski definition) is 1. The Bertz CT molecular complexity index is 1110. The Morgan fingerprint density at radius 1 is 0.846 bits per heavy atom. The fourth-order valence-corrected chi connectivity index (χ4v) is 3.63. The normalized spacial score (nSPS) is 16.0. The Kier molecular flexibility index (Phi) is 3.54. The van der Waals surface area contributed by atoms with Crippen LogP contribution >= 0.6 is 11.6 Å². The van der Waals surface area contributed by atoms with Crippen LogP contribution in [-0.2, 0) is 0 Å². The van der Waals surface area contributed by atoms with Crippen molar-refractivity contribution in [1.29, 1.82) is 0 Å². The van der Waals surface area contributed by atoms with E-state index in [2.05, 4.69) is 52.4 Å². The quantitative estimate of drug-likeness (QED) is 0.495. The van der Waals surface area contributed by atoms with Crippen LogP contribution in [0.5, 0.6) is 0 Å². The molecule has 0 saturated carbocycles. The van der Waals surface area contributed by atoms with Crippen molar-refractivity contribution in [3.63, 3.8) is 0 Å². The van der Waals surface area contributed by atoms with Crippen molar-refractivity contribution in [3.05, 3.63) is 101 Å². The molecule has 26 heavy (non-hydrogen) atoms. The molecule has 2 heterocycles. The molecule has 4 aromatic rings. The van der Waals surface area contributed by atoms with E-state index in [-0.39, 0.29) is 6.04 Å². The van der Waals surface area contributed by atoms with E-state index in [1.54, 1.807) is 0 Å². The minimum absolute atomic E-state index is 0.0746. The van der Waals surface area contributed by atoms with E-state index < -0.39 is 0 Å². The van der Waals surface area contributed by atoms with E-state index in [4.69, 9.17) is 16.6 Å². The summed E-state index contributed by atoms with van der Waals surface area (Å²) < 4.78 is 2.25. The van der Waals surface area contributed by atoms with Crippen molar-refractivity contribution in [2.75, 3.05) is 5.32 Å². The number of benzene rings is 3. The van der Waals surface area contributed by atoms with Crippen LogP contribution in [0.1, 0.15) is 17.2 Å². The molecule has 126 valence electrons. The molecule has 3 nitrogen and oxygen atoms in total. The van der Waals surface area contributed by atoms with Crippen LogP contribution in [-0.4, -0.2) is 9.55 Å².